The Hall–Kier alpha value is -1.54. The number of thiazole rings is 1. The van der Waals surface area contributed by atoms with Gasteiger partial charge in [-0.1, -0.05) is 30.3 Å². The van der Waals surface area contributed by atoms with Crippen molar-refractivity contribution in [3.05, 3.63) is 54.9 Å². The van der Waals surface area contributed by atoms with Crippen LogP contribution in [0, 0.1) is 0 Å². The Morgan fingerprint density at radius 3 is 2.57 bits per heavy atom. The predicted octanol–water partition coefficient (Wildman–Crippen LogP) is 3.67. The molecule has 0 aliphatic carbocycles. The molecule has 0 radical (unpaired) electrons. The van der Waals surface area contributed by atoms with E-state index in [2.05, 4.69) is 53.2 Å². The summed E-state index contributed by atoms with van der Waals surface area (Å²) in [5.41, 5.74) is 1.29. The fraction of sp³-hybridized carbons (Fsp3) is 0. The zero-order chi connectivity index (χ0) is 9.38. The lowest BCUT2D eigenvalue weighted by Gasteiger charge is -1.93. The summed E-state index contributed by atoms with van der Waals surface area (Å²) >= 11 is 1.82. The molecule has 2 heteroatoms. The minimum atomic E-state index is 1.29. The second-order valence-electron chi connectivity index (χ2n) is 3.22. The van der Waals surface area contributed by atoms with Gasteiger partial charge in [0, 0.05) is 12.4 Å². The molecule has 0 unspecified atom stereocenters. The van der Waals surface area contributed by atoms with Crippen molar-refractivity contribution in [2.24, 2.45) is 0 Å². The van der Waals surface area contributed by atoms with Gasteiger partial charge in [0.2, 0.25) is 0 Å². The summed E-state index contributed by atoms with van der Waals surface area (Å²) in [6.45, 7) is 0. The highest BCUT2D eigenvalue weighted by molar-refractivity contribution is 7.20. The smallest absolute Gasteiger partial charge is 0.0996 e. The lowest BCUT2D eigenvalue weighted by Crippen LogP contribution is -1.71. The Morgan fingerprint density at radius 1 is 0.929 bits per heavy atom. The second-order valence-corrected chi connectivity index (χ2v) is 4.28. The molecule has 0 fully saturated rings. The molecule has 0 atom stereocenters. The Bertz CT molecular complexity index is 519. The van der Waals surface area contributed by atoms with Gasteiger partial charge in [-0.2, -0.15) is 0 Å². The highest BCUT2D eigenvalue weighted by atomic mass is 32.1. The summed E-state index contributed by atoms with van der Waals surface area (Å²) in [5.74, 6) is 0. The van der Waals surface area contributed by atoms with Crippen LogP contribution in [0.3, 0.4) is 0 Å². The third-order valence-corrected chi connectivity index (χ3v) is 3.39. The molecule has 0 aliphatic rings. The second kappa shape index (κ2) is 3.00. The molecule has 1 nitrogen and oxygen atoms in total. The minimum absolute atomic E-state index is 1.29. The predicted molar refractivity (Wildman–Crippen MR) is 60.7 cm³/mol. The first-order chi connectivity index (χ1) is 6.93. The first-order valence-electron chi connectivity index (χ1n) is 4.55. The minimum Gasteiger partial charge on any atom is -0.314 e. The van der Waals surface area contributed by atoms with Gasteiger partial charge in [-0.05, 0) is 17.7 Å². The largest absolute Gasteiger partial charge is 0.314 e. The van der Waals surface area contributed by atoms with Crippen molar-refractivity contribution in [3.8, 4) is 10.4 Å². The van der Waals surface area contributed by atoms with E-state index >= 15 is 0 Å². The molecule has 0 amide bonds. The fourth-order valence-corrected chi connectivity index (χ4v) is 2.58. The van der Waals surface area contributed by atoms with E-state index in [0.29, 0.717) is 0 Å². The lowest BCUT2D eigenvalue weighted by atomic mass is 10.2. The molecule has 0 spiro atoms. The molecule has 14 heavy (non-hydrogen) atoms. The van der Waals surface area contributed by atoms with Crippen LogP contribution >= 0.6 is 11.3 Å². The molecule has 68 valence electrons. The SMILES string of the molecule is c1ccc(-c2cn3cccc3s2)cc1. The topological polar surface area (TPSA) is 4.41 Å². The molecule has 1 aromatic carbocycles. The summed E-state index contributed by atoms with van der Waals surface area (Å²) in [6, 6.07) is 14.7. The van der Waals surface area contributed by atoms with Crippen molar-refractivity contribution < 1.29 is 0 Å². The average Bonchev–Trinajstić information content (AvgIpc) is 2.78. The van der Waals surface area contributed by atoms with Crippen LogP contribution in [0.25, 0.3) is 15.3 Å². The van der Waals surface area contributed by atoms with E-state index in [9.17, 15) is 0 Å². The first-order valence-corrected chi connectivity index (χ1v) is 5.37. The van der Waals surface area contributed by atoms with Crippen LogP contribution in [0.15, 0.2) is 54.9 Å². The molecule has 2 heterocycles. The van der Waals surface area contributed by atoms with Crippen molar-refractivity contribution >= 4 is 16.2 Å². The highest BCUT2D eigenvalue weighted by Gasteiger charge is 2.01. The summed E-state index contributed by atoms with van der Waals surface area (Å²) in [7, 11) is 0. The van der Waals surface area contributed by atoms with E-state index in [1.165, 1.54) is 15.3 Å². The molecule has 0 N–H and O–H groups in total. The van der Waals surface area contributed by atoms with E-state index < -0.39 is 0 Å². The van der Waals surface area contributed by atoms with Crippen LogP contribution in [0.1, 0.15) is 0 Å². The average molecular weight is 199 g/mol. The van der Waals surface area contributed by atoms with Gasteiger partial charge in [0.15, 0.2) is 0 Å². The molecule has 0 aliphatic heterocycles. The van der Waals surface area contributed by atoms with Crippen LogP contribution in [-0.4, -0.2) is 4.40 Å². The molecular weight excluding hydrogens is 190 g/mol. The Labute approximate surface area is 86.2 Å². The number of rotatable bonds is 1. The van der Waals surface area contributed by atoms with Crippen LogP contribution in [-0.2, 0) is 0 Å². The molecule has 0 saturated heterocycles. The summed E-state index contributed by atoms with van der Waals surface area (Å²) in [4.78, 5) is 2.62. The third kappa shape index (κ3) is 1.16. The summed E-state index contributed by atoms with van der Waals surface area (Å²) in [6.07, 6.45) is 4.26. The molecule has 0 saturated carbocycles. The Morgan fingerprint density at radius 2 is 1.79 bits per heavy atom. The molecule has 0 bridgehead atoms. The zero-order valence-corrected chi connectivity index (χ0v) is 8.37. The van der Waals surface area contributed by atoms with Gasteiger partial charge < -0.3 is 4.40 Å². The van der Waals surface area contributed by atoms with Gasteiger partial charge in [-0.25, -0.2) is 0 Å². The van der Waals surface area contributed by atoms with Crippen LogP contribution in [0.2, 0.25) is 0 Å². The van der Waals surface area contributed by atoms with Gasteiger partial charge in [0.1, 0.15) is 0 Å². The maximum absolute atomic E-state index is 2.18. The quantitative estimate of drug-likeness (QED) is 0.563. The van der Waals surface area contributed by atoms with Gasteiger partial charge >= 0.3 is 0 Å². The van der Waals surface area contributed by atoms with Crippen LogP contribution in [0.5, 0.6) is 0 Å². The van der Waals surface area contributed by atoms with Gasteiger partial charge in [0.05, 0.1) is 9.71 Å². The molecule has 2 aromatic heterocycles. The number of fused-ring (bicyclic) bond motifs is 1. The normalized spacial score (nSPS) is 10.9. The van der Waals surface area contributed by atoms with Crippen LogP contribution < -0.4 is 0 Å². The van der Waals surface area contributed by atoms with Crippen molar-refractivity contribution in [1.82, 2.24) is 4.40 Å². The zero-order valence-electron chi connectivity index (χ0n) is 7.55. The van der Waals surface area contributed by atoms with Gasteiger partial charge in [-0.3, -0.25) is 0 Å². The van der Waals surface area contributed by atoms with Gasteiger partial charge in [-0.15, -0.1) is 11.3 Å². The monoisotopic (exact) mass is 199 g/mol. The number of hydrogen-bond acceptors (Lipinski definition) is 1. The Balaban J connectivity index is 2.19. The number of nitrogens with zero attached hydrogens (tertiary/aromatic N) is 1. The van der Waals surface area contributed by atoms with Crippen molar-refractivity contribution in [1.29, 1.82) is 0 Å². The van der Waals surface area contributed by atoms with Crippen molar-refractivity contribution in [3.63, 3.8) is 0 Å². The molecule has 3 rings (SSSR count). The van der Waals surface area contributed by atoms with Gasteiger partial charge in [0.25, 0.3) is 0 Å². The number of aromatic nitrogens is 1. The third-order valence-electron chi connectivity index (χ3n) is 2.27. The first kappa shape index (κ1) is 7.83. The standard InChI is InChI=1S/C12H9NS/c1-2-5-10(6-3-1)11-9-13-8-4-7-12(13)14-11/h1-9H. The van der Waals surface area contributed by atoms with E-state index in [4.69, 9.17) is 0 Å². The number of hydrogen-bond donors (Lipinski definition) is 0. The summed E-state index contributed by atoms with van der Waals surface area (Å²) < 4.78 is 2.16. The van der Waals surface area contributed by atoms with Crippen molar-refractivity contribution in [2.75, 3.05) is 0 Å². The maximum Gasteiger partial charge on any atom is 0.0996 e. The van der Waals surface area contributed by atoms with E-state index in [1.54, 1.807) is 0 Å². The van der Waals surface area contributed by atoms with Crippen LogP contribution in [0.4, 0.5) is 0 Å². The molecule has 3 aromatic rings. The number of benzene rings is 1. The van der Waals surface area contributed by atoms with E-state index in [1.807, 2.05) is 17.4 Å². The maximum atomic E-state index is 2.18. The van der Waals surface area contributed by atoms with Crippen molar-refractivity contribution in [2.45, 2.75) is 0 Å². The highest BCUT2D eigenvalue weighted by Crippen LogP contribution is 2.28. The lowest BCUT2D eigenvalue weighted by molar-refractivity contribution is 1.24. The van der Waals surface area contributed by atoms with E-state index in [-0.39, 0.29) is 0 Å². The Kier molecular flexibility index (Phi) is 1.67. The molecular formula is C12H9NS. The fourth-order valence-electron chi connectivity index (χ4n) is 1.57. The summed E-state index contributed by atoms with van der Waals surface area (Å²) in [5, 5.41) is 0. The van der Waals surface area contributed by atoms with E-state index in [0.717, 1.165) is 0 Å².